The molecule has 0 aliphatic carbocycles. The van der Waals surface area contributed by atoms with Gasteiger partial charge >= 0.3 is 0 Å². The van der Waals surface area contributed by atoms with E-state index in [1.165, 1.54) is 0 Å². The topological polar surface area (TPSA) is 16.1 Å². The molecule has 1 aromatic heterocycles. The van der Waals surface area contributed by atoms with Crippen LogP contribution < -0.4 is 0 Å². The molecule has 0 spiro atoms. The van der Waals surface area contributed by atoms with Crippen molar-refractivity contribution in [2.75, 3.05) is 7.05 Å². The fourth-order valence-corrected chi connectivity index (χ4v) is 1.17. The molecular weight excluding hydrogens is 184 g/mol. The zero-order valence-corrected chi connectivity index (χ0v) is 9.04. The minimum atomic E-state index is 0.524. The third-order valence-electron chi connectivity index (χ3n) is 2.14. The van der Waals surface area contributed by atoms with Gasteiger partial charge in [0.25, 0.3) is 0 Å². The first-order valence-corrected chi connectivity index (χ1v) is 4.78. The molecular formula is C10H15ClN2. The van der Waals surface area contributed by atoms with Crippen LogP contribution in [0.5, 0.6) is 0 Å². The van der Waals surface area contributed by atoms with Crippen molar-refractivity contribution < 1.29 is 0 Å². The molecule has 0 N–H and O–H groups in total. The number of hydrogen-bond acceptors (Lipinski definition) is 2. The average molecular weight is 199 g/mol. The smallest absolute Gasteiger partial charge is 0.133 e. The highest BCUT2D eigenvalue weighted by molar-refractivity contribution is 6.30. The van der Waals surface area contributed by atoms with Crippen LogP contribution in [-0.2, 0) is 6.54 Å². The Hall–Kier alpha value is -0.600. The molecule has 0 aliphatic heterocycles. The van der Waals surface area contributed by atoms with E-state index < -0.39 is 0 Å². The second-order valence-electron chi connectivity index (χ2n) is 3.46. The summed E-state index contributed by atoms with van der Waals surface area (Å²) in [7, 11) is 2.08. The maximum absolute atomic E-state index is 5.94. The molecule has 0 saturated heterocycles. The van der Waals surface area contributed by atoms with Crippen LogP contribution >= 0.6 is 11.6 Å². The molecule has 72 valence electrons. The van der Waals surface area contributed by atoms with E-state index >= 15 is 0 Å². The Labute approximate surface area is 84.5 Å². The molecule has 0 fully saturated rings. The molecule has 0 amide bonds. The summed E-state index contributed by atoms with van der Waals surface area (Å²) in [5.41, 5.74) is 1.08. The van der Waals surface area contributed by atoms with Gasteiger partial charge in [-0.15, -0.1) is 0 Å². The normalized spacial score (nSPS) is 11.2. The first-order valence-electron chi connectivity index (χ1n) is 4.41. The Morgan fingerprint density at radius 2 is 2.23 bits per heavy atom. The molecule has 0 atom stereocenters. The Morgan fingerprint density at radius 1 is 1.54 bits per heavy atom. The number of pyridine rings is 1. The highest BCUT2D eigenvalue weighted by Gasteiger charge is 2.06. The van der Waals surface area contributed by atoms with E-state index in [1.54, 1.807) is 6.20 Å². The van der Waals surface area contributed by atoms with Gasteiger partial charge in [0.15, 0.2) is 0 Å². The third-order valence-corrected chi connectivity index (χ3v) is 2.48. The molecule has 1 heterocycles. The van der Waals surface area contributed by atoms with E-state index in [1.807, 2.05) is 12.1 Å². The summed E-state index contributed by atoms with van der Waals surface area (Å²) in [6.07, 6.45) is 1.71. The fraction of sp³-hybridized carbons (Fsp3) is 0.500. The van der Waals surface area contributed by atoms with Crippen molar-refractivity contribution in [3.8, 4) is 0 Å². The monoisotopic (exact) mass is 198 g/mol. The lowest BCUT2D eigenvalue weighted by Crippen LogP contribution is -2.25. The van der Waals surface area contributed by atoms with Crippen molar-refractivity contribution in [3.63, 3.8) is 0 Å². The van der Waals surface area contributed by atoms with Crippen molar-refractivity contribution >= 4 is 11.6 Å². The van der Waals surface area contributed by atoms with Crippen LogP contribution in [-0.4, -0.2) is 23.0 Å². The minimum absolute atomic E-state index is 0.524. The quantitative estimate of drug-likeness (QED) is 0.695. The van der Waals surface area contributed by atoms with Gasteiger partial charge in [-0.05, 0) is 27.0 Å². The van der Waals surface area contributed by atoms with E-state index in [0.717, 1.165) is 12.1 Å². The number of hydrogen-bond donors (Lipinski definition) is 0. The van der Waals surface area contributed by atoms with Crippen molar-refractivity contribution in [1.82, 2.24) is 9.88 Å². The van der Waals surface area contributed by atoms with Crippen molar-refractivity contribution in [2.45, 2.75) is 26.4 Å². The summed E-state index contributed by atoms with van der Waals surface area (Å²) < 4.78 is 0. The van der Waals surface area contributed by atoms with Gasteiger partial charge in [-0.2, -0.15) is 0 Å². The Bertz CT molecular complexity index is 273. The first kappa shape index (κ1) is 10.5. The summed E-state index contributed by atoms with van der Waals surface area (Å²) in [5, 5.41) is 0.606. The zero-order valence-electron chi connectivity index (χ0n) is 8.29. The third kappa shape index (κ3) is 2.98. The SMILES string of the molecule is CC(C)N(C)Cc1cccnc1Cl. The molecule has 0 saturated carbocycles. The molecule has 0 aromatic carbocycles. The van der Waals surface area contributed by atoms with Gasteiger partial charge in [0, 0.05) is 24.3 Å². The predicted molar refractivity (Wildman–Crippen MR) is 55.9 cm³/mol. The lowest BCUT2D eigenvalue weighted by atomic mass is 10.2. The first-order chi connectivity index (χ1) is 6.11. The number of rotatable bonds is 3. The van der Waals surface area contributed by atoms with Gasteiger partial charge in [-0.25, -0.2) is 4.98 Å². The summed E-state index contributed by atoms with van der Waals surface area (Å²) in [5.74, 6) is 0. The molecule has 0 bridgehead atoms. The lowest BCUT2D eigenvalue weighted by Gasteiger charge is -2.21. The minimum Gasteiger partial charge on any atom is -0.300 e. The van der Waals surface area contributed by atoms with Crippen LogP contribution in [0.1, 0.15) is 19.4 Å². The highest BCUT2D eigenvalue weighted by Crippen LogP contribution is 2.14. The summed E-state index contributed by atoms with van der Waals surface area (Å²) >= 11 is 5.94. The van der Waals surface area contributed by atoms with E-state index in [9.17, 15) is 0 Å². The van der Waals surface area contributed by atoms with Crippen molar-refractivity contribution in [2.24, 2.45) is 0 Å². The van der Waals surface area contributed by atoms with Crippen LogP contribution in [0.2, 0.25) is 5.15 Å². The van der Waals surface area contributed by atoms with Crippen LogP contribution in [0.4, 0.5) is 0 Å². The van der Waals surface area contributed by atoms with Gasteiger partial charge in [0.2, 0.25) is 0 Å². The number of nitrogens with zero attached hydrogens (tertiary/aromatic N) is 2. The highest BCUT2D eigenvalue weighted by atomic mass is 35.5. The zero-order chi connectivity index (χ0) is 9.84. The molecule has 2 nitrogen and oxygen atoms in total. The maximum Gasteiger partial charge on any atom is 0.133 e. The second-order valence-corrected chi connectivity index (χ2v) is 3.82. The van der Waals surface area contributed by atoms with E-state index in [-0.39, 0.29) is 0 Å². The van der Waals surface area contributed by atoms with Gasteiger partial charge in [0.05, 0.1) is 0 Å². The molecule has 0 radical (unpaired) electrons. The van der Waals surface area contributed by atoms with Crippen LogP contribution in [0.15, 0.2) is 18.3 Å². The van der Waals surface area contributed by atoms with Crippen molar-refractivity contribution in [1.29, 1.82) is 0 Å². The van der Waals surface area contributed by atoms with Crippen molar-refractivity contribution in [3.05, 3.63) is 29.0 Å². The van der Waals surface area contributed by atoms with Crippen LogP contribution in [0.25, 0.3) is 0 Å². The maximum atomic E-state index is 5.94. The Kier molecular flexibility index (Phi) is 3.70. The fourth-order valence-electron chi connectivity index (χ4n) is 0.989. The van der Waals surface area contributed by atoms with E-state index in [4.69, 9.17) is 11.6 Å². The second kappa shape index (κ2) is 4.58. The predicted octanol–water partition coefficient (Wildman–Crippen LogP) is 2.58. The molecule has 13 heavy (non-hydrogen) atoms. The van der Waals surface area contributed by atoms with Gasteiger partial charge in [0.1, 0.15) is 5.15 Å². The van der Waals surface area contributed by atoms with E-state index in [2.05, 4.69) is 30.8 Å². The molecule has 0 aliphatic rings. The average Bonchev–Trinajstić information content (AvgIpc) is 2.08. The largest absolute Gasteiger partial charge is 0.300 e. The number of aromatic nitrogens is 1. The molecule has 3 heteroatoms. The Balaban J connectivity index is 2.69. The van der Waals surface area contributed by atoms with Crippen LogP contribution in [0, 0.1) is 0 Å². The van der Waals surface area contributed by atoms with Gasteiger partial charge in [-0.3, -0.25) is 4.90 Å². The van der Waals surface area contributed by atoms with Gasteiger partial charge < -0.3 is 0 Å². The van der Waals surface area contributed by atoms with E-state index in [0.29, 0.717) is 11.2 Å². The van der Waals surface area contributed by atoms with Crippen LogP contribution in [0.3, 0.4) is 0 Å². The Morgan fingerprint density at radius 3 is 2.77 bits per heavy atom. The summed E-state index contributed by atoms with van der Waals surface area (Å²) in [6.45, 7) is 5.17. The lowest BCUT2D eigenvalue weighted by molar-refractivity contribution is 0.265. The molecule has 1 aromatic rings. The number of halogens is 1. The summed E-state index contributed by atoms with van der Waals surface area (Å²) in [6, 6.07) is 4.44. The van der Waals surface area contributed by atoms with Gasteiger partial charge in [-0.1, -0.05) is 17.7 Å². The standard InChI is InChI=1S/C10H15ClN2/c1-8(2)13(3)7-9-5-4-6-12-10(9)11/h4-6,8H,7H2,1-3H3. The summed E-state index contributed by atoms with van der Waals surface area (Å²) in [4.78, 5) is 6.26. The molecule has 1 rings (SSSR count). The molecule has 0 unspecified atom stereocenters.